The molecule has 7 nitrogen and oxygen atoms in total. The molecule has 0 aliphatic heterocycles. The molecule has 0 aliphatic rings. The SMILES string of the molecule is COc1cc(O)c(/C=N/NC(=O)c2ccncc2)c(OC)c1. The third kappa shape index (κ3) is 3.51. The van der Waals surface area contributed by atoms with Gasteiger partial charge < -0.3 is 14.6 Å². The van der Waals surface area contributed by atoms with Crippen molar-refractivity contribution in [3.8, 4) is 17.2 Å². The highest BCUT2D eigenvalue weighted by Gasteiger charge is 2.10. The van der Waals surface area contributed by atoms with Gasteiger partial charge in [-0.2, -0.15) is 5.10 Å². The van der Waals surface area contributed by atoms with E-state index in [1.165, 1.54) is 38.9 Å². The topological polar surface area (TPSA) is 93.0 Å². The average molecular weight is 301 g/mol. The number of phenols is 1. The molecule has 0 saturated heterocycles. The van der Waals surface area contributed by atoms with Crippen molar-refractivity contribution in [1.29, 1.82) is 0 Å². The van der Waals surface area contributed by atoms with E-state index in [0.29, 0.717) is 22.6 Å². The number of benzene rings is 1. The zero-order valence-electron chi connectivity index (χ0n) is 12.1. The van der Waals surface area contributed by atoms with Crippen molar-refractivity contribution in [2.45, 2.75) is 0 Å². The largest absolute Gasteiger partial charge is 0.507 e. The summed E-state index contributed by atoms with van der Waals surface area (Å²) in [5.41, 5.74) is 3.12. The Morgan fingerprint density at radius 2 is 2.00 bits per heavy atom. The van der Waals surface area contributed by atoms with Gasteiger partial charge in [0.25, 0.3) is 5.91 Å². The Balaban J connectivity index is 2.15. The summed E-state index contributed by atoms with van der Waals surface area (Å²) in [6.07, 6.45) is 4.32. The van der Waals surface area contributed by atoms with Crippen LogP contribution in [0.5, 0.6) is 17.2 Å². The first-order valence-electron chi connectivity index (χ1n) is 6.34. The number of nitrogens with one attached hydrogen (secondary N) is 1. The first kappa shape index (κ1) is 15.3. The molecule has 0 fully saturated rings. The second kappa shape index (κ2) is 7.07. The Labute approximate surface area is 127 Å². The van der Waals surface area contributed by atoms with E-state index in [0.717, 1.165) is 0 Å². The van der Waals surface area contributed by atoms with Crippen LogP contribution in [0, 0.1) is 0 Å². The van der Waals surface area contributed by atoms with Gasteiger partial charge in [0.2, 0.25) is 0 Å². The van der Waals surface area contributed by atoms with Gasteiger partial charge in [-0.25, -0.2) is 5.43 Å². The monoisotopic (exact) mass is 301 g/mol. The minimum absolute atomic E-state index is 0.0712. The smallest absolute Gasteiger partial charge is 0.271 e. The van der Waals surface area contributed by atoms with Crippen molar-refractivity contribution in [2.75, 3.05) is 14.2 Å². The number of hydrogen-bond acceptors (Lipinski definition) is 6. The minimum Gasteiger partial charge on any atom is -0.507 e. The van der Waals surface area contributed by atoms with Gasteiger partial charge in [0.05, 0.1) is 26.0 Å². The summed E-state index contributed by atoms with van der Waals surface area (Å²) in [7, 11) is 2.94. The number of aromatic nitrogens is 1. The minimum atomic E-state index is -0.384. The maximum atomic E-state index is 11.8. The van der Waals surface area contributed by atoms with Crippen molar-refractivity contribution in [2.24, 2.45) is 5.10 Å². The molecule has 114 valence electrons. The second-order valence-electron chi connectivity index (χ2n) is 4.20. The highest BCUT2D eigenvalue weighted by Crippen LogP contribution is 2.31. The van der Waals surface area contributed by atoms with Crippen LogP contribution in [0.3, 0.4) is 0 Å². The van der Waals surface area contributed by atoms with E-state index < -0.39 is 0 Å². The number of ether oxygens (including phenoxy) is 2. The van der Waals surface area contributed by atoms with Crippen LogP contribution in [0.4, 0.5) is 0 Å². The van der Waals surface area contributed by atoms with Crippen molar-refractivity contribution in [1.82, 2.24) is 10.4 Å². The van der Waals surface area contributed by atoms with Crippen LogP contribution >= 0.6 is 0 Å². The molecule has 7 heteroatoms. The van der Waals surface area contributed by atoms with Gasteiger partial charge in [-0.1, -0.05) is 0 Å². The van der Waals surface area contributed by atoms with Crippen LogP contribution in [-0.4, -0.2) is 36.4 Å². The van der Waals surface area contributed by atoms with Crippen molar-refractivity contribution >= 4 is 12.1 Å². The highest BCUT2D eigenvalue weighted by molar-refractivity contribution is 5.95. The van der Waals surface area contributed by atoms with Crippen molar-refractivity contribution < 1.29 is 19.4 Å². The third-order valence-electron chi connectivity index (χ3n) is 2.85. The predicted octanol–water partition coefficient (Wildman–Crippen LogP) is 1.57. The lowest BCUT2D eigenvalue weighted by Crippen LogP contribution is -2.17. The fourth-order valence-electron chi connectivity index (χ4n) is 1.73. The van der Waals surface area contributed by atoms with Gasteiger partial charge in [-0.3, -0.25) is 9.78 Å². The van der Waals surface area contributed by atoms with Crippen LogP contribution in [0.15, 0.2) is 41.8 Å². The zero-order chi connectivity index (χ0) is 15.9. The van der Waals surface area contributed by atoms with E-state index in [2.05, 4.69) is 15.5 Å². The molecule has 0 bridgehead atoms. The Morgan fingerprint density at radius 3 is 2.64 bits per heavy atom. The quantitative estimate of drug-likeness (QED) is 0.646. The van der Waals surface area contributed by atoms with Gasteiger partial charge in [0, 0.05) is 30.1 Å². The molecule has 1 aromatic carbocycles. The molecule has 22 heavy (non-hydrogen) atoms. The third-order valence-corrected chi connectivity index (χ3v) is 2.85. The number of carbonyl (C=O) groups excluding carboxylic acids is 1. The number of phenolic OH excluding ortho intramolecular Hbond substituents is 1. The Morgan fingerprint density at radius 1 is 1.27 bits per heavy atom. The molecule has 1 aromatic heterocycles. The Kier molecular flexibility index (Phi) is 4.92. The fraction of sp³-hybridized carbons (Fsp3) is 0.133. The molecule has 0 spiro atoms. The first-order valence-corrected chi connectivity index (χ1v) is 6.34. The van der Waals surface area contributed by atoms with Gasteiger partial charge in [0.1, 0.15) is 17.2 Å². The Hall–Kier alpha value is -3.09. The van der Waals surface area contributed by atoms with Gasteiger partial charge >= 0.3 is 0 Å². The molecule has 2 rings (SSSR count). The number of methoxy groups -OCH3 is 2. The summed E-state index contributed by atoms with van der Waals surface area (Å²) < 4.78 is 10.2. The summed E-state index contributed by atoms with van der Waals surface area (Å²) in [6, 6.07) is 6.16. The molecule has 1 amide bonds. The van der Waals surface area contributed by atoms with Crippen LogP contribution in [0.25, 0.3) is 0 Å². The molecule has 2 aromatic rings. The summed E-state index contributed by atoms with van der Waals surface area (Å²) in [5, 5.41) is 13.8. The summed E-state index contributed by atoms with van der Waals surface area (Å²) in [6.45, 7) is 0. The number of pyridine rings is 1. The van der Waals surface area contributed by atoms with E-state index in [4.69, 9.17) is 9.47 Å². The molecule has 1 heterocycles. The lowest BCUT2D eigenvalue weighted by Gasteiger charge is -2.09. The van der Waals surface area contributed by atoms with Crippen LogP contribution in [0.1, 0.15) is 15.9 Å². The molecule has 2 N–H and O–H groups in total. The molecule has 0 saturated carbocycles. The number of nitrogens with zero attached hydrogens (tertiary/aromatic N) is 2. The molecule has 0 radical (unpaired) electrons. The highest BCUT2D eigenvalue weighted by atomic mass is 16.5. The second-order valence-corrected chi connectivity index (χ2v) is 4.20. The van der Waals surface area contributed by atoms with E-state index >= 15 is 0 Å². The van der Waals surface area contributed by atoms with Crippen LogP contribution in [-0.2, 0) is 0 Å². The van der Waals surface area contributed by atoms with Gasteiger partial charge in [-0.05, 0) is 12.1 Å². The fourth-order valence-corrected chi connectivity index (χ4v) is 1.73. The predicted molar refractivity (Wildman–Crippen MR) is 80.5 cm³/mol. The molecular weight excluding hydrogens is 286 g/mol. The number of aromatic hydroxyl groups is 1. The van der Waals surface area contributed by atoms with Gasteiger partial charge in [-0.15, -0.1) is 0 Å². The lowest BCUT2D eigenvalue weighted by molar-refractivity contribution is 0.0955. The Bertz CT molecular complexity index is 687. The number of rotatable bonds is 5. The van der Waals surface area contributed by atoms with Gasteiger partial charge in [0.15, 0.2) is 0 Å². The van der Waals surface area contributed by atoms with Crippen LogP contribution < -0.4 is 14.9 Å². The number of hydrogen-bond donors (Lipinski definition) is 2. The van der Waals surface area contributed by atoms with E-state index in [1.807, 2.05) is 0 Å². The van der Waals surface area contributed by atoms with Crippen molar-refractivity contribution in [3.63, 3.8) is 0 Å². The summed E-state index contributed by atoms with van der Waals surface area (Å²) in [4.78, 5) is 15.6. The number of amides is 1. The van der Waals surface area contributed by atoms with E-state index in [-0.39, 0.29) is 11.7 Å². The van der Waals surface area contributed by atoms with Crippen molar-refractivity contribution in [3.05, 3.63) is 47.8 Å². The number of carbonyl (C=O) groups is 1. The molecular formula is C15H15N3O4. The molecule has 0 aliphatic carbocycles. The standard InChI is InChI=1S/C15H15N3O4/c1-21-11-7-13(19)12(14(8-11)22-2)9-17-18-15(20)10-3-5-16-6-4-10/h3-9,19H,1-2H3,(H,18,20)/b17-9+. The normalized spacial score (nSPS) is 10.5. The summed E-state index contributed by atoms with van der Waals surface area (Å²) >= 11 is 0. The molecule has 0 unspecified atom stereocenters. The van der Waals surface area contributed by atoms with E-state index in [9.17, 15) is 9.90 Å². The zero-order valence-corrected chi connectivity index (χ0v) is 12.1. The maximum Gasteiger partial charge on any atom is 0.271 e. The van der Waals surface area contributed by atoms with E-state index in [1.54, 1.807) is 18.2 Å². The number of hydrazone groups is 1. The average Bonchev–Trinajstić information content (AvgIpc) is 2.56. The summed E-state index contributed by atoms with van der Waals surface area (Å²) in [5.74, 6) is 0.370. The molecule has 0 atom stereocenters. The maximum absolute atomic E-state index is 11.8. The van der Waals surface area contributed by atoms with Crippen LogP contribution in [0.2, 0.25) is 0 Å². The first-order chi connectivity index (χ1) is 10.7. The lowest BCUT2D eigenvalue weighted by atomic mass is 10.2.